The Labute approximate surface area is 163 Å². The topological polar surface area (TPSA) is 92.7 Å². The highest BCUT2D eigenvalue weighted by molar-refractivity contribution is 7.91. The van der Waals surface area contributed by atoms with E-state index in [9.17, 15) is 13.2 Å². The van der Waals surface area contributed by atoms with Crippen LogP contribution in [0.3, 0.4) is 0 Å². The molecule has 0 aromatic heterocycles. The molecular weight excluding hydrogens is 390 g/mol. The lowest BCUT2D eigenvalue weighted by Gasteiger charge is -2.36. The van der Waals surface area contributed by atoms with Crippen LogP contribution in [0.15, 0.2) is 53.4 Å². The summed E-state index contributed by atoms with van der Waals surface area (Å²) in [5.41, 5.74) is 0.768. The van der Waals surface area contributed by atoms with E-state index in [1.807, 2.05) is 12.1 Å². The molecule has 0 unspecified atom stereocenters. The third kappa shape index (κ3) is 4.80. The summed E-state index contributed by atoms with van der Waals surface area (Å²) in [4.78, 5) is 11.3. The maximum absolute atomic E-state index is 12.9. The molecule has 3 rings (SSSR count). The average molecular weight is 410 g/mol. The molecule has 144 valence electrons. The number of ether oxygens (including phenoxy) is 1. The summed E-state index contributed by atoms with van der Waals surface area (Å²) in [5, 5.41) is 12.2. The van der Waals surface area contributed by atoms with E-state index in [1.54, 1.807) is 36.4 Å². The maximum Gasteiger partial charge on any atom is 0.405 e. The smallest absolute Gasteiger partial charge is 0.405 e. The summed E-state index contributed by atoms with van der Waals surface area (Å²) in [6, 6.07) is 13.8. The van der Waals surface area contributed by atoms with Gasteiger partial charge in [-0.25, -0.2) is 13.2 Å². The van der Waals surface area contributed by atoms with Crippen LogP contribution in [0.2, 0.25) is 5.02 Å². The third-order valence-electron chi connectivity index (χ3n) is 4.68. The van der Waals surface area contributed by atoms with Gasteiger partial charge in [0, 0.05) is 18.2 Å². The Morgan fingerprint density at radius 1 is 1.04 bits per heavy atom. The van der Waals surface area contributed by atoms with Gasteiger partial charge < -0.3 is 15.2 Å². The molecule has 0 atom stereocenters. The quantitative estimate of drug-likeness (QED) is 0.787. The molecule has 0 radical (unpaired) electrons. The van der Waals surface area contributed by atoms with Crippen molar-refractivity contribution < 1.29 is 23.1 Å². The highest BCUT2D eigenvalue weighted by Gasteiger charge is 2.39. The second-order valence-corrected chi connectivity index (χ2v) is 9.04. The van der Waals surface area contributed by atoms with E-state index >= 15 is 0 Å². The lowest BCUT2D eigenvalue weighted by Crippen LogP contribution is -2.55. The van der Waals surface area contributed by atoms with Gasteiger partial charge in [-0.15, -0.1) is 0 Å². The SMILES string of the molecule is O=C(O)NC1(CS(=O)(=O)c2ccc(-c3ccc(Cl)cc3)cc2)CCOCC1. The monoisotopic (exact) mass is 409 g/mol. The van der Waals surface area contributed by atoms with E-state index < -0.39 is 21.5 Å². The number of hydrogen-bond donors (Lipinski definition) is 2. The Hall–Kier alpha value is -2.09. The van der Waals surface area contributed by atoms with E-state index in [4.69, 9.17) is 21.4 Å². The average Bonchev–Trinajstić information content (AvgIpc) is 2.62. The molecule has 1 amide bonds. The predicted octanol–water partition coefficient (Wildman–Crippen LogP) is 3.60. The van der Waals surface area contributed by atoms with Gasteiger partial charge in [0.05, 0.1) is 16.2 Å². The minimum absolute atomic E-state index is 0.165. The fraction of sp³-hybridized carbons (Fsp3) is 0.316. The molecule has 8 heteroatoms. The number of halogens is 1. The second-order valence-electron chi connectivity index (χ2n) is 6.61. The van der Waals surface area contributed by atoms with E-state index in [2.05, 4.69) is 5.32 Å². The zero-order chi connectivity index (χ0) is 19.5. The van der Waals surface area contributed by atoms with Crippen molar-refractivity contribution in [3.8, 4) is 11.1 Å². The number of rotatable bonds is 5. The Balaban J connectivity index is 1.83. The number of hydrogen-bond acceptors (Lipinski definition) is 4. The van der Waals surface area contributed by atoms with Crippen molar-refractivity contribution >= 4 is 27.5 Å². The fourth-order valence-electron chi connectivity index (χ4n) is 3.24. The molecule has 1 aliphatic heterocycles. The van der Waals surface area contributed by atoms with Crippen LogP contribution in [0.25, 0.3) is 11.1 Å². The summed E-state index contributed by atoms with van der Waals surface area (Å²) in [7, 11) is -3.67. The first kappa shape index (κ1) is 19.7. The van der Waals surface area contributed by atoms with Crippen molar-refractivity contribution in [3.05, 3.63) is 53.6 Å². The van der Waals surface area contributed by atoms with Crippen LogP contribution in [-0.4, -0.2) is 44.1 Å². The van der Waals surface area contributed by atoms with Gasteiger partial charge in [-0.05, 0) is 48.2 Å². The van der Waals surface area contributed by atoms with Crippen molar-refractivity contribution in [1.82, 2.24) is 5.32 Å². The van der Waals surface area contributed by atoms with Crippen LogP contribution in [-0.2, 0) is 14.6 Å². The first-order valence-corrected chi connectivity index (χ1v) is 10.5. The number of carbonyl (C=O) groups is 1. The number of amides is 1. The molecule has 2 aromatic rings. The maximum atomic E-state index is 12.9. The molecule has 0 aliphatic carbocycles. The van der Waals surface area contributed by atoms with Crippen LogP contribution >= 0.6 is 11.6 Å². The molecule has 2 aromatic carbocycles. The molecule has 1 fully saturated rings. The van der Waals surface area contributed by atoms with Crippen LogP contribution in [0.1, 0.15) is 12.8 Å². The molecule has 27 heavy (non-hydrogen) atoms. The van der Waals surface area contributed by atoms with Gasteiger partial charge in [-0.2, -0.15) is 0 Å². The van der Waals surface area contributed by atoms with Gasteiger partial charge in [0.25, 0.3) is 0 Å². The van der Waals surface area contributed by atoms with Gasteiger partial charge >= 0.3 is 6.09 Å². The molecule has 6 nitrogen and oxygen atoms in total. The fourth-order valence-corrected chi connectivity index (χ4v) is 5.17. The Bertz CT molecular complexity index is 904. The molecule has 1 heterocycles. The van der Waals surface area contributed by atoms with Gasteiger partial charge in [-0.1, -0.05) is 35.9 Å². The molecule has 0 bridgehead atoms. The molecule has 2 N–H and O–H groups in total. The normalized spacial score (nSPS) is 16.6. The molecule has 1 aliphatic rings. The summed E-state index contributed by atoms with van der Waals surface area (Å²) in [6.07, 6.45) is -0.590. The summed E-state index contributed by atoms with van der Waals surface area (Å²) in [5.74, 6) is -0.296. The number of sulfone groups is 1. The molecular formula is C19H20ClNO5S. The number of nitrogens with one attached hydrogen (secondary N) is 1. The van der Waals surface area contributed by atoms with Crippen molar-refractivity contribution in [2.24, 2.45) is 0 Å². The summed E-state index contributed by atoms with van der Waals surface area (Å²) in [6.45, 7) is 0.649. The van der Waals surface area contributed by atoms with Crippen LogP contribution in [0.5, 0.6) is 0 Å². The standard InChI is InChI=1S/C19H20ClNO5S/c20-16-5-1-14(2-6-16)15-3-7-17(8-4-15)27(24,25)13-19(21-18(22)23)9-11-26-12-10-19/h1-8,21H,9-13H2,(H,22,23). The predicted molar refractivity (Wildman–Crippen MR) is 103 cm³/mol. The largest absolute Gasteiger partial charge is 0.465 e. The zero-order valence-corrected chi connectivity index (χ0v) is 16.1. The second kappa shape index (κ2) is 7.88. The van der Waals surface area contributed by atoms with Crippen LogP contribution < -0.4 is 5.32 Å². The summed E-state index contributed by atoms with van der Waals surface area (Å²) >= 11 is 5.89. The first-order valence-electron chi connectivity index (χ1n) is 8.47. The Kier molecular flexibility index (Phi) is 5.74. The van der Waals surface area contributed by atoms with Gasteiger partial charge in [0.15, 0.2) is 9.84 Å². The van der Waals surface area contributed by atoms with Crippen molar-refractivity contribution in [1.29, 1.82) is 0 Å². The Morgan fingerprint density at radius 2 is 1.56 bits per heavy atom. The van der Waals surface area contributed by atoms with E-state index in [0.29, 0.717) is 31.1 Å². The van der Waals surface area contributed by atoms with Crippen molar-refractivity contribution in [2.45, 2.75) is 23.3 Å². The minimum Gasteiger partial charge on any atom is -0.465 e. The van der Waals surface area contributed by atoms with Gasteiger partial charge in [0.1, 0.15) is 0 Å². The number of benzene rings is 2. The van der Waals surface area contributed by atoms with E-state index in [0.717, 1.165) is 11.1 Å². The van der Waals surface area contributed by atoms with E-state index in [-0.39, 0.29) is 10.6 Å². The minimum atomic E-state index is -3.67. The third-order valence-corrected chi connectivity index (χ3v) is 6.85. The highest BCUT2D eigenvalue weighted by Crippen LogP contribution is 2.28. The highest BCUT2D eigenvalue weighted by atomic mass is 35.5. The van der Waals surface area contributed by atoms with Gasteiger partial charge in [-0.3, -0.25) is 0 Å². The molecule has 0 saturated carbocycles. The molecule has 1 saturated heterocycles. The zero-order valence-electron chi connectivity index (χ0n) is 14.5. The molecule has 0 spiro atoms. The Morgan fingerprint density at radius 3 is 2.07 bits per heavy atom. The lowest BCUT2D eigenvalue weighted by molar-refractivity contribution is 0.0469. The van der Waals surface area contributed by atoms with Crippen LogP contribution in [0.4, 0.5) is 4.79 Å². The van der Waals surface area contributed by atoms with Crippen molar-refractivity contribution in [2.75, 3.05) is 19.0 Å². The lowest BCUT2D eigenvalue weighted by atomic mass is 9.92. The van der Waals surface area contributed by atoms with Crippen LogP contribution in [0, 0.1) is 0 Å². The van der Waals surface area contributed by atoms with Gasteiger partial charge in [0.2, 0.25) is 0 Å². The van der Waals surface area contributed by atoms with E-state index in [1.165, 1.54) is 0 Å². The van der Waals surface area contributed by atoms with Crippen molar-refractivity contribution in [3.63, 3.8) is 0 Å². The first-order chi connectivity index (χ1) is 12.8. The number of carboxylic acid groups (broad SMARTS) is 1. The summed E-state index contributed by atoms with van der Waals surface area (Å²) < 4.78 is 31.0.